The van der Waals surface area contributed by atoms with Crippen LogP contribution in [0.3, 0.4) is 0 Å². The van der Waals surface area contributed by atoms with E-state index in [4.69, 9.17) is 5.11 Å². The summed E-state index contributed by atoms with van der Waals surface area (Å²) in [6, 6.07) is 1.21. The Bertz CT molecular complexity index is 139. The molecule has 0 radical (unpaired) electrons. The first kappa shape index (κ1) is 11.0. The van der Waals surface area contributed by atoms with Crippen molar-refractivity contribution in [3.8, 4) is 0 Å². The highest BCUT2D eigenvalue weighted by atomic mass is 16.3. The first-order valence-corrected chi connectivity index (χ1v) is 5.32. The number of nitrogens with zero attached hydrogens (tertiary/aromatic N) is 1. The van der Waals surface area contributed by atoms with Crippen molar-refractivity contribution in [2.24, 2.45) is 0 Å². The molecule has 0 aromatic heterocycles. The monoisotopic (exact) mass is 186 g/mol. The predicted octanol–water partition coefficient (Wildman–Crippen LogP) is 0.441. The summed E-state index contributed by atoms with van der Waals surface area (Å²) < 4.78 is 0. The molecule has 0 spiro atoms. The van der Waals surface area contributed by atoms with Crippen LogP contribution >= 0.6 is 0 Å². The van der Waals surface area contributed by atoms with Crippen LogP contribution in [0.2, 0.25) is 0 Å². The lowest BCUT2D eigenvalue weighted by atomic mass is 10.2. The molecule has 0 bridgehead atoms. The van der Waals surface area contributed by atoms with E-state index in [2.05, 4.69) is 24.1 Å². The Kier molecular flexibility index (Phi) is 4.70. The van der Waals surface area contributed by atoms with Gasteiger partial charge in [-0.25, -0.2) is 0 Å². The van der Waals surface area contributed by atoms with E-state index in [0.29, 0.717) is 12.1 Å². The number of hydrogen-bond donors (Lipinski definition) is 2. The maximum Gasteiger partial charge on any atom is 0.0558 e. The van der Waals surface area contributed by atoms with E-state index in [0.717, 1.165) is 19.6 Å². The average molecular weight is 186 g/mol. The van der Waals surface area contributed by atoms with E-state index in [-0.39, 0.29) is 6.61 Å². The van der Waals surface area contributed by atoms with E-state index in [1.807, 2.05) is 0 Å². The van der Waals surface area contributed by atoms with Gasteiger partial charge in [-0.15, -0.1) is 0 Å². The van der Waals surface area contributed by atoms with Gasteiger partial charge in [0.05, 0.1) is 6.61 Å². The Morgan fingerprint density at radius 3 is 2.92 bits per heavy atom. The molecule has 1 aliphatic heterocycles. The molecule has 0 aliphatic carbocycles. The van der Waals surface area contributed by atoms with Gasteiger partial charge in [0.2, 0.25) is 0 Å². The number of β-amino-alcohol motifs (C(OH)–C–C–N with tert-alkyl or cyclic N) is 1. The fourth-order valence-corrected chi connectivity index (χ4v) is 1.92. The van der Waals surface area contributed by atoms with Gasteiger partial charge in [-0.05, 0) is 19.4 Å². The molecule has 1 aliphatic rings. The van der Waals surface area contributed by atoms with Crippen LogP contribution in [-0.4, -0.2) is 48.3 Å². The normalized spacial score (nSPS) is 24.5. The van der Waals surface area contributed by atoms with E-state index in [1.165, 1.54) is 12.8 Å². The van der Waals surface area contributed by atoms with Gasteiger partial charge in [-0.1, -0.05) is 13.8 Å². The van der Waals surface area contributed by atoms with Gasteiger partial charge in [0, 0.05) is 25.2 Å². The first-order valence-electron chi connectivity index (χ1n) is 5.32. The lowest BCUT2D eigenvalue weighted by Gasteiger charge is -2.24. The van der Waals surface area contributed by atoms with Gasteiger partial charge in [0.25, 0.3) is 0 Å². The molecule has 0 aromatic rings. The summed E-state index contributed by atoms with van der Waals surface area (Å²) in [6.07, 6.45) is 2.56. The topological polar surface area (TPSA) is 35.5 Å². The summed E-state index contributed by atoms with van der Waals surface area (Å²) in [6.45, 7) is 7.70. The number of rotatable bonds is 5. The van der Waals surface area contributed by atoms with Crippen LogP contribution in [0.5, 0.6) is 0 Å². The molecule has 2 N–H and O–H groups in total. The largest absolute Gasteiger partial charge is 0.395 e. The summed E-state index contributed by atoms with van der Waals surface area (Å²) in [7, 11) is 0. The number of hydrogen-bond acceptors (Lipinski definition) is 3. The van der Waals surface area contributed by atoms with E-state index >= 15 is 0 Å². The van der Waals surface area contributed by atoms with Crippen LogP contribution in [0.15, 0.2) is 0 Å². The molecule has 1 atom stereocenters. The summed E-state index contributed by atoms with van der Waals surface area (Å²) in [5.41, 5.74) is 0. The van der Waals surface area contributed by atoms with Gasteiger partial charge < -0.3 is 10.4 Å². The van der Waals surface area contributed by atoms with Crippen LogP contribution in [0, 0.1) is 0 Å². The lowest BCUT2D eigenvalue weighted by Crippen LogP contribution is -2.41. The SMILES string of the molecule is CC(C)NCC1CCCN1CCO. The first-order chi connectivity index (χ1) is 6.24. The summed E-state index contributed by atoms with van der Waals surface area (Å²) in [5.74, 6) is 0. The lowest BCUT2D eigenvalue weighted by molar-refractivity contribution is 0.181. The number of aliphatic hydroxyl groups excluding tert-OH is 1. The molecule has 3 heteroatoms. The van der Waals surface area contributed by atoms with E-state index in [9.17, 15) is 0 Å². The highest BCUT2D eigenvalue weighted by Gasteiger charge is 2.23. The van der Waals surface area contributed by atoms with Crippen molar-refractivity contribution in [1.29, 1.82) is 0 Å². The molecule has 1 unspecified atom stereocenters. The predicted molar refractivity (Wildman–Crippen MR) is 54.8 cm³/mol. The molecule has 1 rings (SSSR count). The van der Waals surface area contributed by atoms with E-state index < -0.39 is 0 Å². The van der Waals surface area contributed by atoms with Crippen LogP contribution < -0.4 is 5.32 Å². The van der Waals surface area contributed by atoms with Crippen LogP contribution in [-0.2, 0) is 0 Å². The second kappa shape index (κ2) is 5.58. The third-order valence-electron chi connectivity index (χ3n) is 2.65. The third kappa shape index (κ3) is 3.63. The quantitative estimate of drug-likeness (QED) is 0.654. The Morgan fingerprint density at radius 1 is 1.54 bits per heavy atom. The third-order valence-corrected chi connectivity index (χ3v) is 2.65. The van der Waals surface area contributed by atoms with Crippen LogP contribution in [0.4, 0.5) is 0 Å². The van der Waals surface area contributed by atoms with Gasteiger partial charge in [-0.3, -0.25) is 4.90 Å². The van der Waals surface area contributed by atoms with Crippen molar-refractivity contribution in [3.05, 3.63) is 0 Å². The molecule has 1 heterocycles. The molecular formula is C10H22N2O. The molecule has 0 amide bonds. The minimum absolute atomic E-state index is 0.290. The molecule has 13 heavy (non-hydrogen) atoms. The van der Waals surface area contributed by atoms with Gasteiger partial charge in [0.15, 0.2) is 0 Å². The van der Waals surface area contributed by atoms with Crippen molar-refractivity contribution < 1.29 is 5.11 Å². The average Bonchev–Trinajstić information content (AvgIpc) is 2.49. The highest BCUT2D eigenvalue weighted by Crippen LogP contribution is 2.15. The van der Waals surface area contributed by atoms with Gasteiger partial charge in [-0.2, -0.15) is 0 Å². The number of likely N-dealkylation sites (tertiary alicyclic amines) is 1. The molecule has 0 aromatic carbocycles. The molecule has 3 nitrogen and oxygen atoms in total. The summed E-state index contributed by atoms with van der Waals surface area (Å²) >= 11 is 0. The smallest absolute Gasteiger partial charge is 0.0558 e. The zero-order valence-electron chi connectivity index (χ0n) is 8.79. The summed E-state index contributed by atoms with van der Waals surface area (Å²) in [4.78, 5) is 2.38. The van der Waals surface area contributed by atoms with Gasteiger partial charge in [0.1, 0.15) is 0 Å². The fraction of sp³-hybridized carbons (Fsp3) is 1.00. The van der Waals surface area contributed by atoms with Crippen molar-refractivity contribution in [2.75, 3.05) is 26.2 Å². The zero-order valence-corrected chi connectivity index (χ0v) is 8.79. The van der Waals surface area contributed by atoms with Crippen molar-refractivity contribution in [1.82, 2.24) is 10.2 Å². The number of aliphatic hydroxyl groups is 1. The van der Waals surface area contributed by atoms with Crippen molar-refractivity contribution in [2.45, 2.75) is 38.8 Å². The van der Waals surface area contributed by atoms with Crippen LogP contribution in [0.1, 0.15) is 26.7 Å². The Morgan fingerprint density at radius 2 is 2.31 bits per heavy atom. The maximum absolute atomic E-state index is 8.86. The molecular weight excluding hydrogens is 164 g/mol. The second-order valence-corrected chi connectivity index (χ2v) is 4.12. The Hall–Kier alpha value is -0.120. The fourth-order valence-electron chi connectivity index (χ4n) is 1.92. The van der Waals surface area contributed by atoms with E-state index in [1.54, 1.807) is 0 Å². The zero-order chi connectivity index (χ0) is 9.68. The van der Waals surface area contributed by atoms with Gasteiger partial charge >= 0.3 is 0 Å². The Balaban J connectivity index is 2.22. The molecule has 0 saturated carbocycles. The van der Waals surface area contributed by atoms with Crippen LogP contribution in [0.25, 0.3) is 0 Å². The number of nitrogens with one attached hydrogen (secondary N) is 1. The molecule has 1 fully saturated rings. The van der Waals surface area contributed by atoms with Crippen molar-refractivity contribution >= 4 is 0 Å². The standard InChI is InChI=1S/C10H22N2O/c1-9(2)11-8-10-4-3-5-12(10)6-7-13/h9-11,13H,3-8H2,1-2H3. The Labute approximate surface area is 81.1 Å². The highest BCUT2D eigenvalue weighted by molar-refractivity contribution is 4.81. The minimum atomic E-state index is 0.290. The molecule has 78 valence electrons. The summed E-state index contributed by atoms with van der Waals surface area (Å²) in [5, 5.41) is 12.3. The molecule has 1 saturated heterocycles. The second-order valence-electron chi connectivity index (χ2n) is 4.12. The van der Waals surface area contributed by atoms with Crippen molar-refractivity contribution in [3.63, 3.8) is 0 Å². The minimum Gasteiger partial charge on any atom is -0.395 e. The maximum atomic E-state index is 8.86.